The number of rotatable bonds is 5. The number of hydrogen-bond acceptors (Lipinski definition) is 6. The van der Waals surface area contributed by atoms with Crippen LogP contribution in [-0.2, 0) is 6.42 Å². The van der Waals surface area contributed by atoms with Gasteiger partial charge in [0.15, 0.2) is 0 Å². The van der Waals surface area contributed by atoms with Gasteiger partial charge in [0.25, 0.3) is 0 Å². The smallest absolute Gasteiger partial charge is 0.224 e. The van der Waals surface area contributed by atoms with Crippen LogP contribution in [0.25, 0.3) is 0 Å². The van der Waals surface area contributed by atoms with E-state index in [2.05, 4.69) is 37.0 Å². The van der Waals surface area contributed by atoms with Gasteiger partial charge in [0.05, 0.1) is 0 Å². The lowest BCUT2D eigenvalue weighted by Gasteiger charge is -2.25. The van der Waals surface area contributed by atoms with Crippen LogP contribution in [0.2, 0.25) is 0 Å². The standard InChI is InChI=1S/C19H26N6/c1-4-14-6-2-10-21-18(14)15(5-1)12-23-17-8-11-22-19(25-17)24-16-7-3-9-20-13-16/h2,6,8,10-11,15-16,20H,1,3-5,7,9,12-13H2,(H2,22,23,24,25). The van der Waals surface area contributed by atoms with Crippen molar-refractivity contribution >= 4 is 11.8 Å². The van der Waals surface area contributed by atoms with E-state index >= 15 is 0 Å². The SMILES string of the molecule is c1cnc2c(c1)CCCC2CNc1ccnc(NC2CCCNC2)n1. The fourth-order valence-corrected chi connectivity index (χ4v) is 3.82. The van der Waals surface area contributed by atoms with E-state index in [9.17, 15) is 0 Å². The number of nitrogens with one attached hydrogen (secondary N) is 3. The van der Waals surface area contributed by atoms with E-state index in [1.54, 1.807) is 0 Å². The van der Waals surface area contributed by atoms with Gasteiger partial charge in [-0.25, -0.2) is 4.98 Å². The Morgan fingerprint density at radius 1 is 1.12 bits per heavy atom. The predicted octanol–water partition coefficient (Wildman–Crippen LogP) is 2.57. The Balaban J connectivity index is 1.38. The number of anilines is 2. The van der Waals surface area contributed by atoms with Gasteiger partial charge < -0.3 is 16.0 Å². The molecule has 2 aromatic rings. The highest BCUT2D eigenvalue weighted by Gasteiger charge is 2.21. The third-order valence-corrected chi connectivity index (χ3v) is 5.13. The van der Waals surface area contributed by atoms with Crippen molar-refractivity contribution in [2.75, 3.05) is 30.3 Å². The number of aromatic nitrogens is 3. The molecule has 2 atom stereocenters. The molecule has 1 saturated heterocycles. The summed E-state index contributed by atoms with van der Waals surface area (Å²) in [6.45, 7) is 2.95. The molecule has 3 N–H and O–H groups in total. The maximum absolute atomic E-state index is 4.63. The van der Waals surface area contributed by atoms with Gasteiger partial charge in [-0.1, -0.05) is 6.07 Å². The molecule has 3 heterocycles. The topological polar surface area (TPSA) is 74.8 Å². The second kappa shape index (κ2) is 7.78. The Labute approximate surface area is 148 Å². The third kappa shape index (κ3) is 4.07. The molecule has 4 rings (SSSR count). The molecule has 6 heteroatoms. The number of pyridine rings is 1. The van der Waals surface area contributed by atoms with Crippen LogP contribution in [-0.4, -0.2) is 40.6 Å². The van der Waals surface area contributed by atoms with Gasteiger partial charge in [-0.15, -0.1) is 0 Å². The highest BCUT2D eigenvalue weighted by atomic mass is 15.2. The van der Waals surface area contributed by atoms with Gasteiger partial charge in [-0.3, -0.25) is 4.98 Å². The first-order valence-corrected chi connectivity index (χ1v) is 9.36. The zero-order chi connectivity index (χ0) is 16.9. The van der Waals surface area contributed by atoms with Crippen molar-refractivity contribution in [3.05, 3.63) is 41.9 Å². The van der Waals surface area contributed by atoms with Crippen molar-refractivity contribution in [2.45, 2.75) is 44.1 Å². The van der Waals surface area contributed by atoms with Crippen LogP contribution in [0.1, 0.15) is 42.9 Å². The summed E-state index contributed by atoms with van der Waals surface area (Å²) in [5, 5.41) is 10.3. The molecule has 132 valence electrons. The highest BCUT2D eigenvalue weighted by molar-refractivity contribution is 5.41. The summed E-state index contributed by atoms with van der Waals surface area (Å²) in [7, 11) is 0. The quantitative estimate of drug-likeness (QED) is 0.778. The molecular formula is C19H26N6. The van der Waals surface area contributed by atoms with Crippen LogP contribution in [0, 0.1) is 0 Å². The van der Waals surface area contributed by atoms with Gasteiger partial charge in [0, 0.05) is 43.1 Å². The number of aryl methyl sites for hydroxylation is 1. The fourth-order valence-electron chi connectivity index (χ4n) is 3.82. The molecule has 1 aliphatic carbocycles. The molecule has 0 bridgehead atoms. The molecule has 6 nitrogen and oxygen atoms in total. The maximum Gasteiger partial charge on any atom is 0.224 e. The molecule has 2 aliphatic rings. The Kier molecular flexibility index (Phi) is 5.06. The predicted molar refractivity (Wildman–Crippen MR) is 100.0 cm³/mol. The van der Waals surface area contributed by atoms with E-state index in [4.69, 9.17) is 0 Å². The van der Waals surface area contributed by atoms with Crippen molar-refractivity contribution in [2.24, 2.45) is 0 Å². The van der Waals surface area contributed by atoms with Crippen LogP contribution in [0.5, 0.6) is 0 Å². The molecule has 0 amide bonds. The first-order valence-electron chi connectivity index (χ1n) is 9.36. The fraction of sp³-hybridized carbons (Fsp3) is 0.526. The minimum absolute atomic E-state index is 0.415. The molecule has 1 aliphatic heterocycles. The van der Waals surface area contributed by atoms with Crippen LogP contribution in [0.3, 0.4) is 0 Å². The second-order valence-corrected chi connectivity index (χ2v) is 6.97. The zero-order valence-corrected chi connectivity index (χ0v) is 14.5. The Morgan fingerprint density at radius 3 is 3.04 bits per heavy atom. The van der Waals surface area contributed by atoms with Crippen LogP contribution in [0.4, 0.5) is 11.8 Å². The molecule has 1 fully saturated rings. The summed E-state index contributed by atoms with van der Waals surface area (Å²) in [5.41, 5.74) is 2.65. The van der Waals surface area contributed by atoms with Crippen molar-refractivity contribution in [3.63, 3.8) is 0 Å². The summed E-state index contributed by atoms with van der Waals surface area (Å²) in [4.78, 5) is 13.6. The van der Waals surface area contributed by atoms with Gasteiger partial charge in [-0.2, -0.15) is 4.98 Å². The Hall–Kier alpha value is -2.21. The van der Waals surface area contributed by atoms with Gasteiger partial charge in [0.2, 0.25) is 5.95 Å². The lowest BCUT2D eigenvalue weighted by Crippen LogP contribution is -2.38. The van der Waals surface area contributed by atoms with E-state index < -0.39 is 0 Å². The van der Waals surface area contributed by atoms with E-state index in [0.29, 0.717) is 17.9 Å². The minimum atomic E-state index is 0.415. The molecule has 0 radical (unpaired) electrons. The summed E-state index contributed by atoms with van der Waals surface area (Å²) in [6.07, 6.45) is 9.65. The molecular weight excluding hydrogens is 312 g/mol. The van der Waals surface area contributed by atoms with Crippen LogP contribution >= 0.6 is 0 Å². The van der Waals surface area contributed by atoms with Crippen LogP contribution in [0.15, 0.2) is 30.6 Å². The largest absolute Gasteiger partial charge is 0.369 e. The summed E-state index contributed by atoms with van der Waals surface area (Å²) >= 11 is 0. The van der Waals surface area contributed by atoms with Crippen LogP contribution < -0.4 is 16.0 Å². The third-order valence-electron chi connectivity index (χ3n) is 5.13. The lowest BCUT2D eigenvalue weighted by molar-refractivity contribution is 0.478. The molecule has 2 aromatic heterocycles. The second-order valence-electron chi connectivity index (χ2n) is 6.97. The van der Waals surface area contributed by atoms with Gasteiger partial charge in [0.1, 0.15) is 5.82 Å². The lowest BCUT2D eigenvalue weighted by atomic mass is 9.86. The zero-order valence-electron chi connectivity index (χ0n) is 14.5. The number of nitrogens with zero attached hydrogens (tertiary/aromatic N) is 3. The Morgan fingerprint density at radius 2 is 2.12 bits per heavy atom. The first kappa shape index (κ1) is 16.3. The number of piperidine rings is 1. The molecule has 0 saturated carbocycles. The molecule has 2 unspecified atom stereocenters. The summed E-state index contributed by atoms with van der Waals surface area (Å²) in [5.74, 6) is 2.05. The average Bonchev–Trinajstić information content (AvgIpc) is 2.67. The number of fused-ring (bicyclic) bond motifs is 1. The Bertz CT molecular complexity index is 698. The normalized spacial score (nSPS) is 22.9. The van der Waals surface area contributed by atoms with Crippen molar-refractivity contribution in [1.82, 2.24) is 20.3 Å². The van der Waals surface area contributed by atoms with Gasteiger partial charge in [-0.05, 0) is 56.3 Å². The summed E-state index contributed by atoms with van der Waals surface area (Å²) < 4.78 is 0. The number of hydrogen-bond donors (Lipinski definition) is 3. The minimum Gasteiger partial charge on any atom is -0.369 e. The van der Waals surface area contributed by atoms with Crippen molar-refractivity contribution < 1.29 is 0 Å². The summed E-state index contributed by atoms with van der Waals surface area (Å²) in [6, 6.07) is 6.60. The van der Waals surface area contributed by atoms with Crippen molar-refractivity contribution in [3.8, 4) is 0 Å². The highest BCUT2D eigenvalue weighted by Crippen LogP contribution is 2.29. The van der Waals surface area contributed by atoms with E-state index in [0.717, 1.165) is 31.9 Å². The molecule has 25 heavy (non-hydrogen) atoms. The first-order chi connectivity index (χ1) is 12.4. The maximum atomic E-state index is 4.63. The van der Waals surface area contributed by atoms with Crippen molar-refractivity contribution in [1.29, 1.82) is 0 Å². The average molecular weight is 338 g/mol. The van der Waals surface area contributed by atoms with E-state index in [1.807, 2.05) is 24.5 Å². The van der Waals surface area contributed by atoms with E-state index in [1.165, 1.54) is 36.9 Å². The van der Waals surface area contributed by atoms with Gasteiger partial charge >= 0.3 is 0 Å². The molecule has 0 aromatic carbocycles. The molecule has 0 spiro atoms. The van der Waals surface area contributed by atoms with E-state index in [-0.39, 0.29) is 0 Å². The monoisotopic (exact) mass is 338 g/mol.